The van der Waals surface area contributed by atoms with Crippen LogP contribution in [0.3, 0.4) is 0 Å². The van der Waals surface area contributed by atoms with Gasteiger partial charge < -0.3 is 15.5 Å². The number of rotatable bonds is 5. The first-order valence-electron chi connectivity index (χ1n) is 13.0. The lowest BCUT2D eigenvalue weighted by molar-refractivity contribution is -0.138. The number of carbonyl (C=O) groups is 1. The van der Waals surface area contributed by atoms with Crippen molar-refractivity contribution in [3.8, 4) is 11.8 Å². The highest BCUT2D eigenvalue weighted by Gasteiger charge is 2.34. The Bertz CT molecular complexity index is 1420. The summed E-state index contributed by atoms with van der Waals surface area (Å²) >= 11 is 0. The molecule has 0 saturated carbocycles. The third-order valence-electron chi connectivity index (χ3n) is 6.99. The predicted molar refractivity (Wildman–Crippen MR) is 143 cm³/mol. The molecule has 2 aliphatic heterocycles. The fourth-order valence-corrected chi connectivity index (χ4v) is 4.75. The van der Waals surface area contributed by atoms with E-state index in [9.17, 15) is 18.0 Å². The van der Waals surface area contributed by atoms with Gasteiger partial charge in [0, 0.05) is 56.6 Å². The van der Waals surface area contributed by atoms with Gasteiger partial charge in [-0.3, -0.25) is 9.69 Å². The first-order valence-corrected chi connectivity index (χ1v) is 13.0. The molecule has 1 amide bonds. The van der Waals surface area contributed by atoms with Gasteiger partial charge in [0.1, 0.15) is 17.3 Å². The van der Waals surface area contributed by atoms with Crippen molar-refractivity contribution in [2.45, 2.75) is 26.1 Å². The monoisotopic (exact) mass is 534 g/mol. The van der Waals surface area contributed by atoms with Gasteiger partial charge in [-0.05, 0) is 60.3 Å². The SMILES string of the molecule is CCN1CCN(Cc2ccc(C(=O)Nc3cc(C#Cc4ccc5c(n4)NCC5)ccn3)cc2C(F)(F)F)CC1. The van der Waals surface area contributed by atoms with E-state index in [0.29, 0.717) is 24.3 Å². The number of amides is 1. The van der Waals surface area contributed by atoms with Gasteiger partial charge in [-0.25, -0.2) is 9.97 Å². The van der Waals surface area contributed by atoms with Crippen LogP contribution in [0.5, 0.6) is 0 Å². The largest absolute Gasteiger partial charge is 0.416 e. The van der Waals surface area contributed by atoms with Crippen molar-refractivity contribution in [1.29, 1.82) is 0 Å². The van der Waals surface area contributed by atoms with Gasteiger partial charge in [0.15, 0.2) is 0 Å². The van der Waals surface area contributed by atoms with Crippen LogP contribution in [0.2, 0.25) is 0 Å². The molecule has 1 saturated heterocycles. The Morgan fingerprint density at radius 1 is 1.05 bits per heavy atom. The number of aromatic nitrogens is 2. The van der Waals surface area contributed by atoms with Gasteiger partial charge in [0.05, 0.1) is 5.56 Å². The zero-order valence-corrected chi connectivity index (χ0v) is 21.6. The number of nitrogens with zero attached hydrogens (tertiary/aromatic N) is 4. The maximum absolute atomic E-state index is 13.9. The molecule has 4 heterocycles. The topological polar surface area (TPSA) is 73.4 Å². The maximum atomic E-state index is 13.9. The Hall–Kier alpha value is -3.94. The van der Waals surface area contributed by atoms with E-state index in [0.717, 1.165) is 50.0 Å². The van der Waals surface area contributed by atoms with E-state index >= 15 is 0 Å². The summed E-state index contributed by atoms with van der Waals surface area (Å²) in [6.45, 7) is 7.12. The van der Waals surface area contributed by atoms with E-state index in [1.807, 2.05) is 17.0 Å². The average Bonchev–Trinajstić information content (AvgIpc) is 3.40. The van der Waals surface area contributed by atoms with E-state index in [1.54, 1.807) is 12.1 Å². The smallest absolute Gasteiger partial charge is 0.369 e. The van der Waals surface area contributed by atoms with Crippen LogP contribution in [0.15, 0.2) is 48.7 Å². The summed E-state index contributed by atoms with van der Waals surface area (Å²) in [7, 11) is 0. The molecule has 1 fully saturated rings. The molecule has 39 heavy (non-hydrogen) atoms. The van der Waals surface area contributed by atoms with Gasteiger partial charge in [0.25, 0.3) is 5.91 Å². The molecule has 0 unspecified atom stereocenters. The molecule has 10 heteroatoms. The fraction of sp³-hybridized carbons (Fsp3) is 0.345. The zero-order chi connectivity index (χ0) is 27.4. The molecular weight excluding hydrogens is 505 g/mol. The molecule has 5 rings (SSSR count). The van der Waals surface area contributed by atoms with Gasteiger partial charge in [-0.2, -0.15) is 13.2 Å². The molecule has 0 bridgehead atoms. The lowest BCUT2D eigenvalue weighted by Crippen LogP contribution is -2.45. The third-order valence-corrected chi connectivity index (χ3v) is 6.99. The zero-order valence-electron chi connectivity index (χ0n) is 21.6. The van der Waals surface area contributed by atoms with Crippen molar-refractivity contribution in [3.05, 3.63) is 82.2 Å². The van der Waals surface area contributed by atoms with Crippen molar-refractivity contribution in [3.63, 3.8) is 0 Å². The molecular formula is C29H29F3N6O. The highest BCUT2D eigenvalue weighted by Crippen LogP contribution is 2.33. The minimum Gasteiger partial charge on any atom is -0.369 e. The molecule has 7 nitrogen and oxygen atoms in total. The number of piperazine rings is 1. The number of pyridine rings is 2. The van der Waals surface area contributed by atoms with Gasteiger partial charge in [0.2, 0.25) is 0 Å². The molecule has 2 aromatic heterocycles. The summed E-state index contributed by atoms with van der Waals surface area (Å²) in [5, 5.41) is 5.81. The second-order valence-corrected chi connectivity index (χ2v) is 9.59. The average molecular weight is 535 g/mol. The van der Waals surface area contributed by atoms with E-state index < -0.39 is 17.6 Å². The number of carbonyl (C=O) groups excluding carboxylic acids is 1. The second kappa shape index (κ2) is 11.4. The summed E-state index contributed by atoms with van der Waals surface area (Å²) in [5.74, 6) is 6.36. The lowest BCUT2D eigenvalue weighted by Gasteiger charge is -2.34. The third kappa shape index (κ3) is 6.56. The number of halogens is 3. The number of anilines is 2. The molecule has 0 aliphatic carbocycles. The first kappa shape index (κ1) is 26.7. The van der Waals surface area contributed by atoms with Crippen LogP contribution < -0.4 is 10.6 Å². The number of hydrogen-bond donors (Lipinski definition) is 2. The Morgan fingerprint density at radius 3 is 2.62 bits per heavy atom. The summed E-state index contributed by atoms with van der Waals surface area (Å²) in [6.07, 6.45) is -2.15. The first-order chi connectivity index (χ1) is 18.8. The van der Waals surface area contributed by atoms with E-state index in [4.69, 9.17) is 0 Å². The Kier molecular flexibility index (Phi) is 7.82. The van der Waals surface area contributed by atoms with E-state index in [2.05, 4.69) is 44.3 Å². The van der Waals surface area contributed by atoms with Crippen molar-refractivity contribution in [1.82, 2.24) is 19.8 Å². The number of nitrogens with one attached hydrogen (secondary N) is 2. The normalized spacial score (nSPS) is 15.7. The van der Waals surface area contributed by atoms with Crippen LogP contribution in [0.25, 0.3) is 0 Å². The molecule has 1 aromatic carbocycles. The number of alkyl halides is 3. The Morgan fingerprint density at radius 2 is 1.85 bits per heavy atom. The number of likely N-dealkylation sites (N-methyl/N-ethyl adjacent to an activating group) is 1. The molecule has 0 spiro atoms. The molecule has 0 radical (unpaired) electrons. The van der Waals surface area contributed by atoms with Crippen molar-refractivity contribution in [2.75, 3.05) is 49.9 Å². The number of benzene rings is 1. The Balaban J connectivity index is 1.29. The summed E-state index contributed by atoms with van der Waals surface area (Å²) < 4.78 is 41.8. The summed E-state index contributed by atoms with van der Waals surface area (Å²) in [5.41, 5.74) is 1.63. The highest BCUT2D eigenvalue weighted by molar-refractivity contribution is 6.04. The second-order valence-electron chi connectivity index (χ2n) is 9.59. The van der Waals surface area contributed by atoms with E-state index in [1.165, 1.54) is 18.3 Å². The van der Waals surface area contributed by atoms with Crippen LogP contribution in [-0.4, -0.2) is 64.9 Å². The van der Waals surface area contributed by atoms with Crippen LogP contribution >= 0.6 is 0 Å². The molecule has 0 atom stereocenters. The molecule has 202 valence electrons. The number of fused-ring (bicyclic) bond motifs is 1. The van der Waals surface area contributed by atoms with Crippen molar-refractivity contribution < 1.29 is 18.0 Å². The molecule has 3 aromatic rings. The lowest BCUT2D eigenvalue weighted by atomic mass is 10.0. The molecule has 2 aliphatic rings. The fourth-order valence-electron chi connectivity index (χ4n) is 4.75. The van der Waals surface area contributed by atoms with Crippen LogP contribution in [0.4, 0.5) is 24.8 Å². The number of hydrogen-bond acceptors (Lipinski definition) is 6. The van der Waals surface area contributed by atoms with Crippen LogP contribution in [0, 0.1) is 11.8 Å². The molecule has 2 N–H and O–H groups in total. The van der Waals surface area contributed by atoms with Gasteiger partial charge >= 0.3 is 6.18 Å². The standard InChI is InChI=1S/C29H29F3N6O/c1-2-37-13-15-38(16-14-37)19-23-5-4-22(18-25(23)29(30,31)32)28(39)36-26-17-20(9-11-33-26)3-7-24-8-6-21-10-12-34-27(21)35-24/h4-6,8-9,11,17-18H,2,10,12-16,19H2,1H3,(H,34,35)(H,33,36,39). The van der Waals surface area contributed by atoms with Crippen molar-refractivity contribution in [2.24, 2.45) is 0 Å². The van der Waals surface area contributed by atoms with Gasteiger partial charge in [-0.1, -0.05) is 25.0 Å². The van der Waals surface area contributed by atoms with Gasteiger partial charge in [-0.15, -0.1) is 0 Å². The van der Waals surface area contributed by atoms with Crippen LogP contribution in [0.1, 0.15) is 45.2 Å². The van der Waals surface area contributed by atoms with Crippen LogP contribution in [-0.2, 0) is 19.1 Å². The minimum absolute atomic E-state index is 0.0880. The Labute approximate surface area is 225 Å². The minimum atomic E-state index is -4.58. The van der Waals surface area contributed by atoms with E-state index in [-0.39, 0.29) is 23.5 Å². The van der Waals surface area contributed by atoms with Crippen molar-refractivity contribution >= 4 is 17.5 Å². The summed E-state index contributed by atoms with van der Waals surface area (Å²) in [6, 6.07) is 10.9. The maximum Gasteiger partial charge on any atom is 0.416 e. The highest BCUT2D eigenvalue weighted by atomic mass is 19.4. The summed E-state index contributed by atoms with van der Waals surface area (Å²) in [4.78, 5) is 25.8. The predicted octanol–water partition coefficient (Wildman–Crippen LogP) is 4.25. The quantitative estimate of drug-likeness (QED) is 0.477.